The average molecular weight is 315 g/mol. The number of pyridine rings is 1. The molecule has 7 nitrogen and oxygen atoms in total. The van der Waals surface area contributed by atoms with Crippen LogP contribution in [0.4, 0.5) is 0 Å². The van der Waals surface area contributed by atoms with Crippen LogP contribution in [0.3, 0.4) is 0 Å². The minimum atomic E-state index is -0.566. The zero-order chi connectivity index (χ0) is 16.4. The summed E-state index contributed by atoms with van der Waals surface area (Å²) in [5, 5.41) is 4.35. The maximum absolute atomic E-state index is 11.5. The molecule has 1 aromatic carbocycles. The van der Waals surface area contributed by atoms with Crippen LogP contribution >= 0.6 is 0 Å². The van der Waals surface area contributed by atoms with Gasteiger partial charge in [-0.15, -0.1) is 0 Å². The second-order valence-corrected chi connectivity index (χ2v) is 5.39. The van der Waals surface area contributed by atoms with Gasteiger partial charge in [0.05, 0.1) is 24.9 Å². The van der Waals surface area contributed by atoms with E-state index in [1.54, 1.807) is 24.5 Å². The van der Waals surface area contributed by atoms with E-state index in [9.17, 15) is 9.59 Å². The van der Waals surface area contributed by atoms with E-state index < -0.39 is 5.91 Å². The maximum atomic E-state index is 11.5. The summed E-state index contributed by atoms with van der Waals surface area (Å²) < 4.78 is 11.0. The number of hydrogen-bond donors (Lipinski definition) is 2. The molecular formula is C16H17N3O4. The topological polar surface area (TPSA) is 104 Å². The van der Waals surface area contributed by atoms with Crippen molar-refractivity contribution in [2.45, 2.75) is 18.9 Å². The van der Waals surface area contributed by atoms with Crippen LogP contribution in [0, 0.1) is 0 Å². The Balaban J connectivity index is 1.91. The lowest BCUT2D eigenvalue weighted by Crippen LogP contribution is -2.30. The summed E-state index contributed by atoms with van der Waals surface area (Å²) in [6.45, 7) is 0.367. The molecule has 1 aromatic heterocycles. The number of methoxy groups -OCH3 is 1. The van der Waals surface area contributed by atoms with E-state index in [2.05, 4.69) is 10.3 Å². The third-order valence-corrected chi connectivity index (χ3v) is 3.83. The van der Waals surface area contributed by atoms with Gasteiger partial charge in [0.15, 0.2) is 0 Å². The average Bonchev–Trinajstić information content (AvgIpc) is 2.96. The molecule has 1 saturated heterocycles. The van der Waals surface area contributed by atoms with Gasteiger partial charge in [-0.05, 0) is 18.6 Å². The molecule has 120 valence electrons. The van der Waals surface area contributed by atoms with Crippen LogP contribution in [0.1, 0.15) is 23.2 Å². The van der Waals surface area contributed by atoms with Crippen molar-refractivity contribution in [3.8, 4) is 11.5 Å². The number of fused-ring (bicyclic) bond motifs is 1. The zero-order valence-corrected chi connectivity index (χ0v) is 12.7. The molecule has 3 N–H and O–H groups in total. The van der Waals surface area contributed by atoms with Crippen molar-refractivity contribution in [2.24, 2.45) is 5.73 Å². The van der Waals surface area contributed by atoms with Gasteiger partial charge in [0, 0.05) is 23.4 Å². The van der Waals surface area contributed by atoms with E-state index in [0.717, 1.165) is 17.2 Å². The predicted octanol–water partition coefficient (Wildman–Crippen LogP) is 1.000. The van der Waals surface area contributed by atoms with E-state index in [0.29, 0.717) is 30.1 Å². The van der Waals surface area contributed by atoms with Crippen LogP contribution in [0.2, 0.25) is 0 Å². The number of aromatic nitrogens is 1. The molecule has 0 spiro atoms. The molecule has 1 aliphatic rings. The molecule has 1 fully saturated rings. The second kappa shape index (κ2) is 6.12. The van der Waals surface area contributed by atoms with Crippen LogP contribution < -0.4 is 20.5 Å². The van der Waals surface area contributed by atoms with Crippen molar-refractivity contribution in [1.82, 2.24) is 10.3 Å². The zero-order valence-electron chi connectivity index (χ0n) is 12.7. The van der Waals surface area contributed by atoms with Crippen LogP contribution in [0.15, 0.2) is 24.5 Å². The Hall–Kier alpha value is -2.83. The van der Waals surface area contributed by atoms with Crippen LogP contribution in [0.25, 0.3) is 10.8 Å². The lowest BCUT2D eigenvalue weighted by molar-refractivity contribution is -0.119. The highest BCUT2D eigenvalue weighted by molar-refractivity contribution is 6.01. The van der Waals surface area contributed by atoms with Crippen molar-refractivity contribution in [3.63, 3.8) is 0 Å². The summed E-state index contributed by atoms with van der Waals surface area (Å²) in [5.41, 5.74) is 5.66. The Morgan fingerprint density at radius 2 is 2.22 bits per heavy atom. The summed E-state index contributed by atoms with van der Waals surface area (Å²) >= 11 is 0. The molecule has 2 heterocycles. The first kappa shape index (κ1) is 15.1. The normalized spacial score (nSPS) is 17.1. The standard InChI is InChI=1S/C16H17N3O4/c1-22-13-5-11-9(4-12(13)16(17)21)6-18-7-14(11)23-8-10-2-3-15(20)19-10/h4-7,10H,2-3,8H2,1H3,(H2,17,21)(H,19,20). The number of nitrogens with zero attached hydrogens (tertiary/aromatic N) is 1. The summed E-state index contributed by atoms with van der Waals surface area (Å²) in [4.78, 5) is 26.8. The Morgan fingerprint density at radius 3 is 2.87 bits per heavy atom. The van der Waals surface area contributed by atoms with Gasteiger partial charge in [0.2, 0.25) is 5.91 Å². The molecule has 2 aromatic rings. The molecule has 23 heavy (non-hydrogen) atoms. The Bertz CT molecular complexity index is 775. The molecule has 0 saturated carbocycles. The van der Waals surface area contributed by atoms with Crippen molar-refractivity contribution in [2.75, 3.05) is 13.7 Å². The van der Waals surface area contributed by atoms with Crippen LogP contribution in [-0.4, -0.2) is 36.6 Å². The lowest BCUT2D eigenvalue weighted by atomic mass is 10.1. The van der Waals surface area contributed by atoms with E-state index >= 15 is 0 Å². The number of carbonyl (C=O) groups excluding carboxylic acids is 2. The second-order valence-electron chi connectivity index (χ2n) is 5.39. The monoisotopic (exact) mass is 315 g/mol. The lowest BCUT2D eigenvalue weighted by Gasteiger charge is -2.14. The molecular weight excluding hydrogens is 298 g/mol. The van der Waals surface area contributed by atoms with Gasteiger partial charge in [0.1, 0.15) is 18.1 Å². The highest BCUT2D eigenvalue weighted by atomic mass is 16.5. The number of nitrogens with one attached hydrogen (secondary N) is 1. The molecule has 0 aliphatic carbocycles. The van der Waals surface area contributed by atoms with Gasteiger partial charge in [-0.2, -0.15) is 0 Å². The van der Waals surface area contributed by atoms with Crippen molar-refractivity contribution < 1.29 is 19.1 Å². The first-order valence-corrected chi connectivity index (χ1v) is 7.26. The Morgan fingerprint density at radius 1 is 1.39 bits per heavy atom. The van der Waals surface area contributed by atoms with Crippen molar-refractivity contribution in [1.29, 1.82) is 0 Å². The highest BCUT2D eigenvalue weighted by Gasteiger charge is 2.21. The smallest absolute Gasteiger partial charge is 0.252 e. The summed E-state index contributed by atoms with van der Waals surface area (Å²) in [6, 6.07) is 3.34. The van der Waals surface area contributed by atoms with Gasteiger partial charge >= 0.3 is 0 Å². The quantitative estimate of drug-likeness (QED) is 0.856. The number of nitrogens with two attached hydrogens (primary N) is 1. The van der Waals surface area contributed by atoms with Gasteiger partial charge in [-0.25, -0.2) is 0 Å². The molecule has 1 aliphatic heterocycles. The summed E-state index contributed by atoms with van der Waals surface area (Å²) in [7, 11) is 1.48. The number of carbonyl (C=O) groups is 2. The van der Waals surface area contributed by atoms with Gasteiger partial charge in [0.25, 0.3) is 5.91 Å². The van der Waals surface area contributed by atoms with E-state index in [4.69, 9.17) is 15.2 Å². The molecule has 0 radical (unpaired) electrons. The molecule has 3 rings (SSSR count). The fourth-order valence-electron chi connectivity index (χ4n) is 2.64. The summed E-state index contributed by atoms with van der Waals surface area (Å²) in [6.07, 6.45) is 4.51. The van der Waals surface area contributed by atoms with Crippen molar-refractivity contribution >= 4 is 22.6 Å². The predicted molar refractivity (Wildman–Crippen MR) is 83.5 cm³/mol. The van der Waals surface area contributed by atoms with Crippen molar-refractivity contribution in [3.05, 3.63) is 30.1 Å². The number of ether oxygens (including phenoxy) is 2. The number of primary amides is 1. The minimum Gasteiger partial charge on any atom is -0.496 e. The molecule has 7 heteroatoms. The molecule has 2 amide bonds. The van der Waals surface area contributed by atoms with Gasteiger partial charge in [-0.1, -0.05) is 0 Å². The van der Waals surface area contributed by atoms with Gasteiger partial charge in [-0.3, -0.25) is 14.6 Å². The fraction of sp³-hybridized carbons (Fsp3) is 0.312. The van der Waals surface area contributed by atoms with E-state index in [1.807, 2.05) is 0 Å². The molecule has 1 atom stereocenters. The molecule has 1 unspecified atom stereocenters. The number of hydrogen-bond acceptors (Lipinski definition) is 5. The Kier molecular flexibility index (Phi) is 4.01. The number of rotatable bonds is 5. The van der Waals surface area contributed by atoms with E-state index in [-0.39, 0.29) is 11.9 Å². The number of amides is 2. The first-order chi connectivity index (χ1) is 11.1. The van der Waals surface area contributed by atoms with Crippen LogP contribution in [0.5, 0.6) is 11.5 Å². The molecule has 0 bridgehead atoms. The number of benzene rings is 1. The van der Waals surface area contributed by atoms with Crippen LogP contribution in [-0.2, 0) is 4.79 Å². The summed E-state index contributed by atoms with van der Waals surface area (Å²) in [5.74, 6) is 0.430. The third kappa shape index (κ3) is 3.03. The SMILES string of the molecule is COc1cc2c(OCC3CCC(=O)N3)cncc2cc1C(N)=O. The highest BCUT2D eigenvalue weighted by Crippen LogP contribution is 2.31. The largest absolute Gasteiger partial charge is 0.496 e. The van der Waals surface area contributed by atoms with Gasteiger partial charge < -0.3 is 20.5 Å². The minimum absolute atomic E-state index is 0.00421. The Labute approximate surface area is 132 Å². The first-order valence-electron chi connectivity index (χ1n) is 7.26. The third-order valence-electron chi connectivity index (χ3n) is 3.83. The fourth-order valence-corrected chi connectivity index (χ4v) is 2.64. The van der Waals surface area contributed by atoms with E-state index in [1.165, 1.54) is 7.11 Å². The maximum Gasteiger partial charge on any atom is 0.252 e.